The molecular weight excluding hydrogens is 280 g/mol. The number of thiazole rings is 1. The van der Waals surface area contributed by atoms with Gasteiger partial charge in [0.1, 0.15) is 4.21 Å². The SMILES string of the molecule is CC(O)c1csc(NS(=O)(=O)c2cccs2)n1. The topological polar surface area (TPSA) is 79.3 Å². The summed E-state index contributed by atoms with van der Waals surface area (Å²) in [5.41, 5.74) is 0.457. The van der Waals surface area contributed by atoms with Gasteiger partial charge in [0, 0.05) is 5.38 Å². The second kappa shape index (κ2) is 4.73. The van der Waals surface area contributed by atoms with Gasteiger partial charge >= 0.3 is 0 Å². The van der Waals surface area contributed by atoms with Gasteiger partial charge in [0.15, 0.2) is 5.13 Å². The predicted octanol–water partition coefficient (Wildman–Crippen LogP) is 2.06. The van der Waals surface area contributed by atoms with Crippen LogP contribution in [0.3, 0.4) is 0 Å². The summed E-state index contributed by atoms with van der Waals surface area (Å²) in [6.45, 7) is 1.58. The number of rotatable bonds is 4. The van der Waals surface area contributed by atoms with Crippen molar-refractivity contribution in [2.75, 3.05) is 4.72 Å². The van der Waals surface area contributed by atoms with Gasteiger partial charge in [0.2, 0.25) is 0 Å². The number of sulfonamides is 1. The maximum atomic E-state index is 11.8. The molecule has 0 fully saturated rings. The minimum Gasteiger partial charge on any atom is -0.387 e. The molecule has 2 aromatic rings. The zero-order valence-electron chi connectivity index (χ0n) is 8.82. The van der Waals surface area contributed by atoms with Crippen molar-refractivity contribution in [1.82, 2.24) is 4.98 Å². The summed E-state index contributed by atoms with van der Waals surface area (Å²) in [6.07, 6.45) is -0.703. The lowest BCUT2D eigenvalue weighted by atomic mass is 10.3. The van der Waals surface area contributed by atoms with E-state index in [9.17, 15) is 13.5 Å². The second-order valence-corrected chi connectivity index (χ2v) is 7.01. The van der Waals surface area contributed by atoms with Crippen LogP contribution >= 0.6 is 22.7 Å². The summed E-state index contributed by atoms with van der Waals surface area (Å²) in [4.78, 5) is 3.99. The Balaban J connectivity index is 2.21. The fourth-order valence-corrected chi connectivity index (χ4v) is 4.15. The van der Waals surface area contributed by atoms with Crippen LogP contribution in [0.4, 0.5) is 5.13 Å². The lowest BCUT2D eigenvalue weighted by molar-refractivity contribution is 0.195. The molecule has 2 aromatic heterocycles. The summed E-state index contributed by atoms with van der Waals surface area (Å²) in [5.74, 6) is 0. The van der Waals surface area contributed by atoms with Gasteiger partial charge in [-0.25, -0.2) is 13.4 Å². The van der Waals surface area contributed by atoms with Crippen LogP contribution in [0.5, 0.6) is 0 Å². The molecule has 92 valence electrons. The van der Waals surface area contributed by atoms with E-state index in [1.54, 1.807) is 23.8 Å². The highest BCUT2D eigenvalue weighted by molar-refractivity contribution is 7.94. The largest absolute Gasteiger partial charge is 0.387 e. The summed E-state index contributed by atoms with van der Waals surface area (Å²) >= 11 is 2.28. The Bertz CT molecular complexity index is 587. The minimum atomic E-state index is -3.55. The van der Waals surface area contributed by atoms with Crippen molar-refractivity contribution in [1.29, 1.82) is 0 Å². The zero-order valence-corrected chi connectivity index (χ0v) is 11.3. The van der Waals surface area contributed by atoms with Crippen molar-refractivity contribution in [2.45, 2.75) is 17.2 Å². The van der Waals surface area contributed by atoms with Crippen LogP contribution in [0.15, 0.2) is 27.1 Å². The van der Waals surface area contributed by atoms with E-state index in [1.807, 2.05) is 0 Å². The molecule has 0 aliphatic heterocycles. The third-order valence-corrected chi connectivity index (χ3v) is 5.57. The third kappa shape index (κ3) is 2.83. The maximum Gasteiger partial charge on any atom is 0.273 e. The molecule has 2 N–H and O–H groups in total. The normalized spacial score (nSPS) is 13.5. The Hall–Kier alpha value is -0.960. The molecule has 0 saturated heterocycles. The number of thiophene rings is 1. The summed E-state index contributed by atoms with van der Waals surface area (Å²) in [5, 5.41) is 12.9. The minimum absolute atomic E-state index is 0.242. The van der Waals surface area contributed by atoms with Gasteiger partial charge in [-0.15, -0.1) is 22.7 Å². The van der Waals surface area contributed by atoms with Crippen LogP contribution in [-0.4, -0.2) is 18.5 Å². The van der Waals surface area contributed by atoms with Gasteiger partial charge in [-0.05, 0) is 18.4 Å². The highest BCUT2D eigenvalue weighted by Gasteiger charge is 2.17. The molecular formula is C9H10N2O3S3. The summed E-state index contributed by atoms with van der Waals surface area (Å²) < 4.78 is 26.3. The van der Waals surface area contributed by atoms with Crippen LogP contribution in [0.1, 0.15) is 18.7 Å². The highest BCUT2D eigenvalue weighted by Crippen LogP contribution is 2.24. The van der Waals surface area contributed by atoms with Crippen molar-refractivity contribution < 1.29 is 13.5 Å². The molecule has 0 amide bonds. The van der Waals surface area contributed by atoms with Crippen LogP contribution in [0.25, 0.3) is 0 Å². The van der Waals surface area contributed by atoms with Crippen LogP contribution in [0.2, 0.25) is 0 Å². The van der Waals surface area contributed by atoms with Gasteiger partial charge in [-0.1, -0.05) is 6.07 Å². The fraction of sp³-hybridized carbons (Fsp3) is 0.222. The van der Waals surface area contributed by atoms with E-state index in [2.05, 4.69) is 9.71 Å². The highest BCUT2D eigenvalue weighted by atomic mass is 32.2. The quantitative estimate of drug-likeness (QED) is 0.903. The first-order chi connectivity index (χ1) is 7.99. The second-order valence-electron chi connectivity index (χ2n) is 3.29. The Kier molecular flexibility index (Phi) is 3.48. The molecule has 2 heterocycles. The molecule has 0 saturated carbocycles. The van der Waals surface area contributed by atoms with E-state index in [0.717, 1.165) is 22.7 Å². The Morgan fingerprint density at radius 1 is 1.47 bits per heavy atom. The Labute approximate surface area is 107 Å². The van der Waals surface area contributed by atoms with E-state index in [1.165, 1.54) is 6.07 Å². The fourth-order valence-electron chi connectivity index (χ4n) is 1.11. The lowest BCUT2D eigenvalue weighted by Crippen LogP contribution is -2.11. The Morgan fingerprint density at radius 2 is 2.24 bits per heavy atom. The lowest BCUT2D eigenvalue weighted by Gasteiger charge is -2.02. The molecule has 17 heavy (non-hydrogen) atoms. The molecule has 0 aliphatic rings. The van der Waals surface area contributed by atoms with E-state index < -0.39 is 16.1 Å². The van der Waals surface area contributed by atoms with Gasteiger partial charge in [-0.3, -0.25) is 4.72 Å². The molecule has 2 rings (SSSR count). The van der Waals surface area contributed by atoms with Crippen molar-refractivity contribution >= 4 is 37.8 Å². The summed E-state index contributed by atoms with van der Waals surface area (Å²) in [7, 11) is -3.55. The van der Waals surface area contributed by atoms with Crippen molar-refractivity contribution in [3.05, 3.63) is 28.6 Å². The van der Waals surface area contributed by atoms with E-state index in [4.69, 9.17) is 0 Å². The van der Waals surface area contributed by atoms with Gasteiger partial charge in [0.25, 0.3) is 10.0 Å². The smallest absolute Gasteiger partial charge is 0.273 e. The number of hydrogen-bond donors (Lipinski definition) is 2. The van der Waals surface area contributed by atoms with Crippen LogP contribution in [-0.2, 0) is 10.0 Å². The van der Waals surface area contributed by atoms with Gasteiger partial charge < -0.3 is 5.11 Å². The molecule has 0 aromatic carbocycles. The molecule has 0 spiro atoms. The molecule has 0 bridgehead atoms. The molecule has 5 nitrogen and oxygen atoms in total. The number of nitrogens with zero attached hydrogens (tertiary/aromatic N) is 1. The van der Waals surface area contributed by atoms with E-state index >= 15 is 0 Å². The average molecular weight is 290 g/mol. The van der Waals surface area contributed by atoms with Crippen molar-refractivity contribution in [3.63, 3.8) is 0 Å². The molecule has 1 atom stereocenters. The number of aromatic nitrogens is 1. The first kappa shape index (κ1) is 12.5. The number of aliphatic hydroxyl groups excluding tert-OH is 1. The molecule has 1 unspecified atom stereocenters. The number of hydrogen-bond acceptors (Lipinski definition) is 6. The van der Waals surface area contributed by atoms with E-state index in [-0.39, 0.29) is 9.34 Å². The zero-order chi connectivity index (χ0) is 12.5. The van der Waals surface area contributed by atoms with Crippen molar-refractivity contribution in [3.8, 4) is 0 Å². The number of aliphatic hydroxyl groups is 1. The standard InChI is InChI=1S/C9H10N2O3S3/c1-6(12)7-5-16-9(10-7)11-17(13,14)8-3-2-4-15-8/h2-6,12H,1H3,(H,10,11). The molecule has 0 radical (unpaired) electrons. The molecule has 8 heteroatoms. The maximum absolute atomic E-state index is 11.8. The first-order valence-electron chi connectivity index (χ1n) is 4.69. The van der Waals surface area contributed by atoms with Crippen LogP contribution in [0, 0.1) is 0 Å². The Morgan fingerprint density at radius 3 is 2.76 bits per heavy atom. The van der Waals surface area contributed by atoms with Crippen molar-refractivity contribution in [2.24, 2.45) is 0 Å². The first-order valence-corrected chi connectivity index (χ1v) is 7.93. The predicted molar refractivity (Wildman–Crippen MR) is 67.9 cm³/mol. The molecule has 0 aliphatic carbocycles. The number of anilines is 1. The van der Waals surface area contributed by atoms with Gasteiger partial charge in [0.05, 0.1) is 11.8 Å². The van der Waals surface area contributed by atoms with E-state index in [0.29, 0.717) is 5.69 Å². The number of nitrogens with one attached hydrogen (secondary N) is 1. The summed E-state index contributed by atoms with van der Waals surface area (Å²) in [6, 6.07) is 3.19. The average Bonchev–Trinajstić information content (AvgIpc) is 2.85. The van der Waals surface area contributed by atoms with Crippen LogP contribution < -0.4 is 4.72 Å². The third-order valence-electron chi connectivity index (χ3n) is 1.93. The monoisotopic (exact) mass is 290 g/mol. The van der Waals surface area contributed by atoms with Gasteiger partial charge in [-0.2, -0.15) is 0 Å².